The molecule has 224 valence electrons. The van der Waals surface area contributed by atoms with Gasteiger partial charge in [0.2, 0.25) is 11.8 Å². The van der Waals surface area contributed by atoms with E-state index in [0.29, 0.717) is 46.7 Å². The van der Waals surface area contributed by atoms with Crippen LogP contribution in [0.1, 0.15) is 35.0 Å². The number of halogens is 1. The number of furan rings is 1. The van der Waals surface area contributed by atoms with Gasteiger partial charge >= 0.3 is 6.09 Å². The van der Waals surface area contributed by atoms with E-state index in [0.717, 1.165) is 11.1 Å². The van der Waals surface area contributed by atoms with Crippen LogP contribution in [0.5, 0.6) is 0 Å². The van der Waals surface area contributed by atoms with Crippen LogP contribution >= 0.6 is 23.4 Å². The Morgan fingerprint density at radius 1 is 1.02 bits per heavy atom. The molecule has 2 aliphatic rings. The molecule has 44 heavy (non-hydrogen) atoms. The molecule has 1 unspecified atom stereocenters. The molecule has 2 saturated heterocycles. The molecule has 2 atom stereocenters. The summed E-state index contributed by atoms with van der Waals surface area (Å²) in [5.41, 5.74) is 2.86. The molecular weight excluding hydrogens is 600 g/mol. The molecule has 0 radical (unpaired) electrons. The van der Waals surface area contributed by atoms with E-state index in [-0.39, 0.29) is 25.0 Å². The molecule has 0 bridgehead atoms. The summed E-state index contributed by atoms with van der Waals surface area (Å²) in [6, 6.07) is 26.7. The standard InChI is InChI=1S/C33H29ClN4O5S/c34-24-9-4-10-26(19-24)36-32-38(20-27-11-6-18-42-27)31(40)29(44-32)23-13-15-25(16-14-23)35-30(39)28-12-5-17-37(28)33(41)43-21-22-7-2-1-3-8-22/h1-4,6-11,13-16,18-19,28-29H,5,12,17,20-21H2,(H,35,39)/t28-,29?/m1/s1. The topological polar surface area (TPSA) is 104 Å². The summed E-state index contributed by atoms with van der Waals surface area (Å²) in [6.45, 7) is 0.849. The van der Waals surface area contributed by atoms with Gasteiger partial charge in [-0.25, -0.2) is 9.79 Å². The summed E-state index contributed by atoms with van der Waals surface area (Å²) in [5, 5.41) is 3.48. The summed E-state index contributed by atoms with van der Waals surface area (Å²) in [6.07, 6.45) is 2.33. The number of hydrogen-bond donors (Lipinski definition) is 1. The number of thioether (sulfide) groups is 1. The van der Waals surface area contributed by atoms with Gasteiger partial charge in [-0.2, -0.15) is 0 Å². The van der Waals surface area contributed by atoms with E-state index in [1.165, 1.54) is 16.7 Å². The van der Waals surface area contributed by atoms with E-state index < -0.39 is 17.4 Å². The third-order valence-corrected chi connectivity index (χ3v) is 8.81. The van der Waals surface area contributed by atoms with Crippen LogP contribution in [0.25, 0.3) is 0 Å². The van der Waals surface area contributed by atoms with Gasteiger partial charge in [-0.15, -0.1) is 0 Å². The Morgan fingerprint density at radius 2 is 1.84 bits per heavy atom. The second-order valence-electron chi connectivity index (χ2n) is 10.4. The van der Waals surface area contributed by atoms with Gasteiger partial charge in [0.1, 0.15) is 23.7 Å². The highest BCUT2D eigenvalue weighted by Crippen LogP contribution is 2.41. The number of nitrogens with zero attached hydrogens (tertiary/aromatic N) is 3. The molecule has 3 aromatic carbocycles. The molecule has 3 heterocycles. The van der Waals surface area contributed by atoms with Gasteiger partial charge in [0.15, 0.2) is 5.17 Å². The molecule has 0 spiro atoms. The van der Waals surface area contributed by atoms with Crippen LogP contribution in [0, 0.1) is 0 Å². The molecule has 0 saturated carbocycles. The monoisotopic (exact) mass is 628 g/mol. The number of anilines is 1. The summed E-state index contributed by atoms with van der Waals surface area (Å²) in [4.78, 5) is 47.4. The van der Waals surface area contributed by atoms with Crippen molar-refractivity contribution in [1.29, 1.82) is 0 Å². The first-order valence-electron chi connectivity index (χ1n) is 14.2. The number of amides is 3. The summed E-state index contributed by atoms with van der Waals surface area (Å²) < 4.78 is 11.0. The van der Waals surface area contributed by atoms with Crippen molar-refractivity contribution in [1.82, 2.24) is 9.80 Å². The van der Waals surface area contributed by atoms with E-state index in [1.807, 2.05) is 60.7 Å². The smallest absolute Gasteiger partial charge is 0.410 e. The van der Waals surface area contributed by atoms with E-state index in [4.69, 9.17) is 25.7 Å². The molecular formula is C33H29ClN4O5S. The van der Waals surface area contributed by atoms with E-state index in [1.54, 1.807) is 41.5 Å². The molecule has 3 amide bonds. The molecule has 1 aromatic heterocycles. The van der Waals surface area contributed by atoms with Crippen LogP contribution in [0.4, 0.5) is 16.2 Å². The lowest BCUT2D eigenvalue weighted by molar-refractivity contribution is -0.126. The maximum absolute atomic E-state index is 13.6. The highest BCUT2D eigenvalue weighted by molar-refractivity contribution is 8.15. The Balaban J connectivity index is 1.12. The van der Waals surface area contributed by atoms with E-state index in [2.05, 4.69) is 5.32 Å². The van der Waals surface area contributed by atoms with Crippen LogP contribution in [0.2, 0.25) is 5.02 Å². The largest absolute Gasteiger partial charge is 0.467 e. The second-order valence-corrected chi connectivity index (χ2v) is 11.9. The fourth-order valence-corrected chi connectivity index (χ4v) is 6.50. The van der Waals surface area contributed by atoms with Crippen LogP contribution in [0.15, 0.2) is 107 Å². The molecule has 0 aliphatic carbocycles. The quantitative estimate of drug-likeness (QED) is 0.222. The van der Waals surface area contributed by atoms with Crippen LogP contribution in [-0.2, 0) is 27.5 Å². The number of aliphatic imine (C=N–C) groups is 1. The third kappa shape index (κ3) is 6.82. The minimum Gasteiger partial charge on any atom is -0.467 e. The van der Waals surface area contributed by atoms with E-state index >= 15 is 0 Å². The van der Waals surface area contributed by atoms with Gasteiger partial charge < -0.3 is 14.5 Å². The molecule has 2 aliphatic heterocycles. The van der Waals surface area contributed by atoms with Crippen LogP contribution in [-0.4, -0.2) is 45.5 Å². The van der Waals surface area contributed by atoms with Crippen molar-refractivity contribution in [2.24, 2.45) is 4.99 Å². The van der Waals surface area contributed by atoms with Crippen molar-refractivity contribution in [3.63, 3.8) is 0 Å². The Labute approximate surface area is 263 Å². The Kier molecular flexibility index (Phi) is 8.99. The van der Waals surface area contributed by atoms with Crippen molar-refractivity contribution >= 4 is 57.8 Å². The molecule has 9 nitrogen and oxygen atoms in total. The predicted octanol–water partition coefficient (Wildman–Crippen LogP) is 7.18. The number of carbonyl (C=O) groups excluding carboxylic acids is 3. The van der Waals surface area contributed by atoms with Gasteiger partial charge in [0.05, 0.1) is 18.5 Å². The molecule has 11 heteroatoms. The Morgan fingerprint density at radius 3 is 2.59 bits per heavy atom. The van der Waals surface area contributed by atoms with Crippen LogP contribution < -0.4 is 5.32 Å². The van der Waals surface area contributed by atoms with Gasteiger partial charge in [-0.3, -0.25) is 19.4 Å². The molecule has 2 fully saturated rings. The highest BCUT2D eigenvalue weighted by atomic mass is 35.5. The van der Waals surface area contributed by atoms with Crippen molar-refractivity contribution in [2.75, 3.05) is 11.9 Å². The zero-order chi connectivity index (χ0) is 30.5. The maximum Gasteiger partial charge on any atom is 0.410 e. The predicted molar refractivity (Wildman–Crippen MR) is 170 cm³/mol. The number of likely N-dealkylation sites (tertiary alicyclic amines) is 1. The lowest BCUT2D eigenvalue weighted by atomic mass is 10.1. The number of hydrogen-bond acceptors (Lipinski definition) is 7. The van der Waals surface area contributed by atoms with Gasteiger partial charge in [0.25, 0.3) is 0 Å². The van der Waals surface area contributed by atoms with E-state index in [9.17, 15) is 14.4 Å². The van der Waals surface area contributed by atoms with Crippen molar-refractivity contribution in [3.05, 3.63) is 119 Å². The van der Waals surface area contributed by atoms with Crippen molar-refractivity contribution in [2.45, 2.75) is 37.3 Å². The summed E-state index contributed by atoms with van der Waals surface area (Å²) >= 11 is 7.51. The van der Waals surface area contributed by atoms with Crippen molar-refractivity contribution in [3.8, 4) is 0 Å². The second kappa shape index (κ2) is 13.4. The normalized spacial score (nSPS) is 19.0. The molecule has 6 rings (SSSR count). The number of carbonyl (C=O) groups is 3. The Hall–Kier alpha value is -4.54. The Bertz CT molecular complexity index is 1660. The first kappa shape index (κ1) is 29.5. The van der Waals surface area contributed by atoms with Gasteiger partial charge in [-0.05, 0) is 66.4 Å². The minimum atomic E-state index is -0.620. The molecule has 1 N–H and O–H groups in total. The maximum atomic E-state index is 13.6. The summed E-state index contributed by atoms with van der Waals surface area (Å²) in [5.74, 6) is 0.236. The first-order valence-corrected chi connectivity index (χ1v) is 15.4. The number of amidine groups is 1. The lowest BCUT2D eigenvalue weighted by Crippen LogP contribution is -2.43. The number of benzene rings is 3. The minimum absolute atomic E-state index is 0.125. The SMILES string of the molecule is O=C(Nc1ccc(C2SC(=Nc3cccc(Cl)c3)N(Cc3ccco3)C2=O)cc1)[C@H]1CCCN1C(=O)OCc1ccccc1. The van der Waals surface area contributed by atoms with Crippen molar-refractivity contribution < 1.29 is 23.5 Å². The fraction of sp³-hybridized carbons (Fsp3) is 0.212. The van der Waals surface area contributed by atoms with Gasteiger partial charge in [-0.1, -0.05) is 71.9 Å². The lowest BCUT2D eigenvalue weighted by Gasteiger charge is -2.23. The number of ether oxygens (including phenoxy) is 1. The zero-order valence-corrected chi connectivity index (χ0v) is 25.2. The fourth-order valence-electron chi connectivity index (χ4n) is 5.14. The highest BCUT2D eigenvalue weighted by Gasteiger charge is 2.40. The summed E-state index contributed by atoms with van der Waals surface area (Å²) in [7, 11) is 0. The average molecular weight is 629 g/mol. The first-order chi connectivity index (χ1) is 21.4. The van der Waals surface area contributed by atoms with Gasteiger partial charge in [0, 0.05) is 17.3 Å². The number of rotatable bonds is 8. The zero-order valence-electron chi connectivity index (χ0n) is 23.6. The third-order valence-electron chi connectivity index (χ3n) is 7.35. The van der Waals surface area contributed by atoms with Crippen LogP contribution in [0.3, 0.4) is 0 Å². The average Bonchev–Trinajstić information content (AvgIpc) is 3.80. The number of nitrogens with one attached hydrogen (secondary N) is 1. The molecule has 4 aromatic rings.